The van der Waals surface area contributed by atoms with Gasteiger partial charge in [-0.25, -0.2) is 0 Å². The van der Waals surface area contributed by atoms with Crippen LogP contribution in [0.25, 0.3) is 0 Å². The van der Waals surface area contributed by atoms with Crippen LogP contribution in [0.5, 0.6) is 0 Å². The summed E-state index contributed by atoms with van der Waals surface area (Å²) < 4.78 is 0. The second-order valence-electron chi connectivity index (χ2n) is 10.6. The number of nitrogens with zero attached hydrogens (tertiary/aromatic N) is 2. The number of Topliss-reactive ketones (excluding diaryl/α,β-unsaturated/α-hetero) is 2. The Bertz CT molecular complexity index is 1140. The molecule has 0 N–H and O–H groups in total. The van der Waals surface area contributed by atoms with E-state index in [9.17, 15) is 9.59 Å². The molecule has 4 heteroatoms. The van der Waals surface area contributed by atoms with Crippen LogP contribution in [0.3, 0.4) is 0 Å². The van der Waals surface area contributed by atoms with E-state index in [1.807, 2.05) is 24.3 Å². The first-order chi connectivity index (χ1) is 16.1. The quantitative estimate of drug-likeness (QED) is 0.550. The van der Waals surface area contributed by atoms with Gasteiger partial charge in [-0.2, -0.15) is 0 Å². The molecule has 2 aliphatic heterocycles. The molecule has 2 heterocycles. The topological polar surface area (TPSA) is 40.6 Å². The van der Waals surface area contributed by atoms with Crippen LogP contribution in [-0.4, -0.2) is 24.7 Å². The normalized spacial score (nSPS) is 26.8. The molecule has 0 unspecified atom stereocenters. The summed E-state index contributed by atoms with van der Waals surface area (Å²) in [7, 11) is 0. The highest BCUT2D eigenvalue weighted by Gasteiger charge is 2.50. The standard InChI is InChI=1S/C30H34N2O2/c1-7-31-23-15-11-9-13-21(23)29(3,4)25(31)17-19-27(33)20(28(19)34)18-26-30(5,6)22-14-10-12-16-24(22)32(26)8-2/h9-20H,7-8H2,1-6H3. The molecule has 2 aromatic carbocycles. The Balaban J connectivity index is 1.47. The van der Waals surface area contributed by atoms with E-state index in [0.29, 0.717) is 0 Å². The number of likely N-dealkylation sites (N-methyl/N-ethyl adjacent to an activating group) is 2. The summed E-state index contributed by atoms with van der Waals surface area (Å²) >= 11 is 0. The lowest BCUT2D eigenvalue weighted by molar-refractivity contribution is -0.146. The number of rotatable bonds is 4. The van der Waals surface area contributed by atoms with Crippen LogP contribution < -0.4 is 9.80 Å². The van der Waals surface area contributed by atoms with Crippen LogP contribution in [-0.2, 0) is 20.4 Å². The van der Waals surface area contributed by atoms with E-state index in [1.165, 1.54) is 22.5 Å². The second-order valence-corrected chi connectivity index (χ2v) is 10.6. The maximum Gasteiger partial charge on any atom is 0.161 e. The molecular formula is C30H34N2O2. The number of carbonyl (C=O) groups is 2. The Kier molecular flexibility index (Phi) is 5.12. The van der Waals surface area contributed by atoms with E-state index >= 15 is 0 Å². The SMILES string of the molecule is CCN1C(=CC2C(=O)C(C=C3N(CC)c4ccccc4C3(C)C)C2=O)C(C)(C)c2ccccc21. The zero-order valence-corrected chi connectivity index (χ0v) is 21.1. The Morgan fingerprint density at radius 3 is 1.38 bits per heavy atom. The average molecular weight is 455 g/mol. The minimum absolute atomic E-state index is 0.00983. The first-order valence-corrected chi connectivity index (χ1v) is 12.4. The van der Waals surface area contributed by atoms with Crippen LogP contribution in [0.15, 0.2) is 72.1 Å². The largest absolute Gasteiger partial charge is 0.345 e. The maximum atomic E-state index is 13.4. The molecule has 0 radical (unpaired) electrons. The molecule has 1 fully saturated rings. The summed E-state index contributed by atoms with van der Waals surface area (Å²) in [5, 5.41) is 0. The van der Waals surface area contributed by atoms with Crippen LogP contribution in [0.2, 0.25) is 0 Å². The fourth-order valence-corrected chi connectivity index (χ4v) is 6.18. The summed E-state index contributed by atoms with van der Waals surface area (Å²) in [4.78, 5) is 31.2. The molecule has 1 aliphatic carbocycles. The van der Waals surface area contributed by atoms with E-state index in [0.717, 1.165) is 24.5 Å². The minimum atomic E-state index is -0.665. The maximum absolute atomic E-state index is 13.4. The van der Waals surface area contributed by atoms with Crippen molar-refractivity contribution in [1.82, 2.24) is 0 Å². The summed E-state index contributed by atoms with van der Waals surface area (Å²) in [6.07, 6.45) is 3.88. The van der Waals surface area contributed by atoms with Crippen LogP contribution in [0.1, 0.15) is 52.7 Å². The van der Waals surface area contributed by atoms with Gasteiger partial charge >= 0.3 is 0 Å². The van der Waals surface area contributed by atoms with Gasteiger partial charge in [-0.05, 0) is 49.3 Å². The number of fused-ring (bicyclic) bond motifs is 2. The third kappa shape index (κ3) is 2.97. The van der Waals surface area contributed by atoms with Gasteiger partial charge in [-0.1, -0.05) is 64.1 Å². The zero-order chi connectivity index (χ0) is 24.4. The number of hydrogen-bond donors (Lipinski definition) is 0. The van der Waals surface area contributed by atoms with Gasteiger partial charge in [0.25, 0.3) is 0 Å². The number of benzene rings is 2. The molecule has 34 heavy (non-hydrogen) atoms. The van der Waals surface area contributed by atoms with Crippen molar-refractivity contribution >= 4 is 22.9 Å². The molecule has 0 aromatic heterocycles. The molecule has 2 aromatic rings. The molecule has 0 saturated heterocycles. The molecule has 4 nitrogen and oxygen atoms in total. The molecule has 3 aliphatic rings. The number of ketones is 2. The Morgan fingerprint density at radius 1 is 0.676 bits per heavy atom. The minimum Gasteiger partial charge on any atom is -0.345 e. The molecule has 1 saturated carbocycles. The van der Waals surface area contributed by atoms with Gasteiger partial charge in [-0.3, -0.25) is 9.59 Å². The van der Waals surface area contributed by atoms with Crippen LogP contribution in [0.4, 0.5) is 11.4 Å². The van der Waals surface area contributed by atoms with Crippen molar-refractivity contribution in [3.05, 3.63) is 83.2 Å². The van der Waals surface area contributed by atoms with Gasteiger partial charge in [-0.15, -0.1) is 0 Å². The Hall–Kier alpha value is -3.14. The summed E-state index contributed by atoms with van der Waals surface area (Å²) in [5.74, 6) is -1.31. The van der Waals surface area contributed by atoms with Crippen molar-refractivity contribution < 1.29 is 9.59 Å². The van der Waals surface area contributed by atoms with Gasteiger partial charge in [0.15, 0.2) is 11.6 Å². The van der Waals surface area contributed by atoms with Gasteiger partial charge in [0, 0.05) is 46.7 Å². The number of hydrogen-bond acceptors (Lipinski definition) is 4. The highest BCUT2D eigenvalue weighted by atomic mass is 16.2. The molecule has 0 amide bonds. The third-order valence-electron chi connectivity index (χ3n) is 8.11. The number of carbonyl (C=O) groups excluding carboxylic acids is 2. The van der Waals surface area contributed by atoms with Gasteiger partial charge in [0.2, 0.25) is 0 Å². The first kappa shape index (κ1) is 22.6. The van der Waals surface area contributed by atoms with Crippen molar-refractivity contribution in [2.24, 2.45) is 11.8 Å². The van der Waals surface area contributed by atoms with E-state index in [1.54, 1.807) is 0 Å². The molecule has 176 valence electrons. The fourth-order valence-electron chi connectivity index (χ4n) is 6.18. The molecule has 0 bridgehead atoms. The molecule has 0 spiro atoms. The molecular weight excluding hydrogens is 420 g/mol. The number of anilines is 2. The first-order valence-electron chi connectivity index (χ1n) is 12.4. The Morgan fingerprint density at radius 2 is 1.03 bits per heavy atom. The number of allylic oxidation sites excluding steroid dienone is 4. The Labute approximate surface area is 203 Å². The highest BCUT2D eigenvalue weighted by molar-refractivity contribution is 6.26. The monoisotopic (exact) mass is 454 g/mol. The van der Waals surface area contributed by atoms with Crippen molar-refractivity contribution in [3.8, 4) is 0 Å². The predicted octanol–water partition coefficient (Wildman–Crippen LogP) is 5.77. The number of para-hydroxylation sites is 2. The third-order valence-corrected chi connectivity index (χ3v) is 8.11. The fraction of sp³-hybridized carbons (Fsp3) is 0.400. The van der Waals surface area contributed by atoms with Crippen molar-refractivity contribution in [2.75, 3.05) is 22.9 Å². The predicted molar refractivity (Wildman–Crippen MR) is 138 cm³/mol. The van der Waals surface area contributed by atoms with Crippen molar-refractivity contribution in [3.63, 3.8) is 0 Å². The summed E-state index contributed by atoms with van der Waals surface area (Å²) in [6.45, 7) is 14.5. The van der Waals surface area contributed by atoms with E-state index in [2.05, 4.69) is 87.7 Å². The molecule has 0 atom stereocenters. The van der Waals surface area contributed by atoms with Gasteiger partial charge in [0.05, 0.1) is 11.8 Å². The van der Waals surface area contributed by atoms with Crippen LogP contribution in [0, 0.1) is 11.8 Å². The second kappa shape index (κ2) is 7.69. The molecule has 5 rings (SSSR count). The average Bonchev–Trinajstić information content (AvgIpc) is 3.19. The smallest absolute Gasteiger partial charge is 0.161 e. The lowest BCUT2D eigenvalue weighted by Gasteiger charge is -2.34. The van der Waals surface area contributed by atoms with E-state index in [4.69, 9.17) is 0 Å². The van der Waals surface area contributed by atoms with Crippen LogP contribution >= 0.6 is 0 Å². The summed E-state index contributed by atoms with van der Waals surface area (Å²) in [5.41, 5.74) is 6.44. The van der Waals surface area contributed by atoms with Crippen molar-refractivity contribution in [2.45, 2.75) is 52.4 Å². The van der Waals surface area contributed by atoms with Gasteiger partial charge < -0.3 is 9.80 Å². The van der Waals surface area contributed by atoms with Crippen molar-refractivity contribution in [1.29, 1.82) is 0 Å². The highest BCUT2D eigenvalue weighted by Crippen LogP contribution is 2.50. The lowest BCUT2D eigenvalue weighted by atomic mass is 9.69. The van der Waals surface area contributed by atoms with Gasteiger partial charge in [0.1, 0.15) is 0 Å². The van der Waals surface area contributed by atoms with E-state index < -0.39 is 11.8 Å². The lowest BCUT2D eigenvalue weighted by Crippen LogP contribution is -2.48. The summed E-state index contributed by atoms with van der Waals surface area (Å²) in [6, 6.07) is 16.7. The van der Waals surface area contributed by atoms with E-state index in [-0.39, 0.29) is 22.4 Å². The zero-order valence-electron chi connectivity index (χ0n) is 21.1.